The molecule has 3 heteroatoms. The standard InChI is InChI=1S/C31H48N2O/c1-7-13-23-19-21-29(27(17-11-5)25(23)15-9-3)32-31(34)33-30-22-20-24(14-8-2)26(16-10-4)28(30)18-12-6/h19-22H,7-18H2,1-6H3,(H2,32,33,34). The van der Waals surface area contributed by atoms with Crippen molar-refractivity contribution >= 4 is 17.4 Å². The Hall–Kier alpha value is -2.29. The van der Waals surface area contributed by atoms with Crippen LogP contribution in [-0.4, -0.2) is 6.03 Å². The smallest absolute Gasteiger partial charge is 0.307 e. The maximum atomic E-state index is 13.2. The minimum atomic E-state index is -0.133. The molecule has 2 N–H and O–H groups in total. The summed E-state index contributed by atoms with van der Waals surface area (Å²) in [5, 5.41) is 6.44. The summed E-state index contributed by atoms with van der Waals surface area (Å²) in [4.78, 5) is 13.2. The molecular weight excluding hydrogens is 416 g/mol. The zero-order valence-electron chi connectivity index (χ0n) is 22.7. The Kier molecular flexibility index (Phi) is 12.2. The molecule has 0 aliphatic carbocycles. The predicted molar refractivity (Wildman–Crippen MR) is 149 cm³/mol. The zero-order chi connectivity index (χ0) is 24.9. The van der Waals surface area contributed by atoms with Gasteiger partial charge in [-0.15, -0.1) is 0 Å². The fraction of sp³-hybridized carbons (Fsp3) is 0.581. The number of rotatable bonds is 14. The molecular formula is C31H48N2O. The van der Waals surface area contributed by atoms with Crippen molar-refractivity contribution in [1.82, 2.24) is 0 Å². The topological polar surface area (TPSA) is 41.1 Å². The molecule has 3 nitrogen and oxygen atoms in total. The fourth-order valence-corrected chi connectivity index (χ4v) is 5.19. The molecule has 0 spiro atoms. The number of urea groups is 1. The first-order valence-corrected chi connectivity index (χ1v) is 13.9. The van der Waals surface area contributed by atoms with Gasteiger partial charge in [0.15, 0.2) is 0 Å². The van der Waals surface area contributed by atoms with Crippen LogP contribution in [0.4, 0.5) is 16.2 Å². The van der Waals surface area contributed by atoms with Crippen molar-refractivity contribution in [3.63, 3.8) is 0 Å². The molecule has 34 heavy (non-hydrogen) atoms. The predicted octanol–water partition coefficient (Wildman–Crippen LogP) is 9.05. The average Bonchev–Trinajstić information content (AvgIpc) is 2.81. The van der Waals surface area contributed by atoms with Crippen molar-refractivity contribution in [3.8, 4) is 0 Å². The van der Waals surface area contributed by atoms with Gasteiger partial charge < -0.3 is 10.6 Å². The summed E-state index contributed by atoms with van der Waals surface area (Å²) in [6.07, 6.45) is 13.0. The summed E-state index contributed by atoms with van der Waals surface area (Å²) < 4.78 is 0. The van der Waals surface area contributed by atoms with Gasteiger partial charge in [-0.25, -0.2) is 4.79 Å². The van der Waals surface area contributed by atoms with E-state index in [-0.39, 0.29) is 6.03 Å². The minimum absolute atomic E-state index is 0.133. The van der Waals surface area contributed by atoms with E-state index in [0.29, 0.717) is 0 Å². The van der Waals surface area contributed by atoms with E-state index in [2.05, 4.69) is 76.4 Å². The number of hydrogen-bond acceptors (Lipinski definition) is 1. The van der Waals surface area contributed by atoms with Crippen LogP contribution in [0.2, 0.25) is 0 Å². The van der Waals surface area contributed by atoms with Crippen molar-refractivity contribution in [3.05, 3.63) is 57.6 Å². The summed E-state index contributed by atoms with van der Waals surface area (Å²) in [6, 6.07) is 8.56. The van der Waals surface area contributed by atoms with Gasteiger partial charge in [0.1, 0.15) is 0 Å². The van der Waals surface area contributed by atoms with Crippen molar-refractivity contribution in [2.45, 2.75) is 119 Å². The second-order valence-corrected chi connectivity index (χ2v) is 9.54. The van der Waals surface area contributed by atoms with Gasteiger partial charge in [0.2, 0.25) is 0 Å². The third-order valence-electron chi connectivity index (χ3n) is 6.59. The molecule has 0 aliphatic heterocycles. The highest BCUT2D eigenvalue weighted by Crippen LogP contribution is 2.30. The van der Waals surface area contributed by atoms with Crippen LogP contribution < -0.4 is 10.6 Å². The molecule has 188 valence electrons. The number of nitrogens with one attached hydrogen (secondary N) is 2. The third kappa shape index (κ3) is 7.35. The maximum Gasteiger partial charge on any atom is 0.323 e. The van der Waals surface area contributed by atoms with E-state index in [0.717, 1.165) is 88.4 Å². The van der Waals surface area contributed by atoms with Gasteiger partial charge in [-0.1, -0.05) is 92.2 Å². The van der Waals surface area contributed by atoms with Crippen molar-refractivity contribution < 1.29 is 4.79 Å². The zero-order valence-corrected chi connectivity index (χ0v) is 22.7. The number of hydrogen-bond donors (Lipinski definition) is 2. The Labute approximate surface area is 209 Å². The van der Waals surface area contributed by atoms with E-state index in [4.69, 9.17) is 0 Å². The van der Waals surface area contributed by atoms with Gasteiger partial charge in [0, 0.05) is 11.4 Å². The largest absolute Gasteiger partial charge is 0.323 e. The molecule has 0 saturated carbocycles. The Morgan fingerprint density at radius 3 is 1.15 bits per heavy atom. The van der Waals surface area contributed by atoms with Crippen molar-refractivity contribution in [1.29, 1.82) is 0 Å². The van der Waals surface area contributed by atoms with E-state index in [1.807, 2.05) is 0 Å². The first-order valence-electron chi connectivity index (χ1n) is 13.9. The highest BCUT2D eigenvalue weighted by atomic mass is 16.2. The van der Waals surface area contributed by atoms with Gasteiger partial charge >= 0.3 is 6.03 Å². The highest BCUT2D eigenvalue weighted by molar-refractivity contribution is 6.01. The minimum Gasteiger partial charge on any atom is -0.307 e. The number of carbonyl (C=O) groups is 1. The molecule has 2 amide bonds. The molecule has 2 aromatic rings. The molecule has 0 radical (unpaired) electrons. The third-order valence-corrected chi connectivity index (χ3v) is 6.59. The number of aryl methyl sites for hydroxylation is 2. The van der Waals surface area contributed by atoms with Crippen LogP contribution in [0.25, 0.3) is 0 Å². The van der Waals surface area contributed by atoms with Gasteiger partial charge in [-0.3, -0.25) is 0 Å². The normalized spacial score (nSPS) is 11.0. The quantitative estimate of drug-likeness (QED) is 0.287. The summed E-state index contributed by atoms with van der Waals surface area (Å²) in [7, 11) is 0. The first kappa shape index (κ1) is 28.0. The molecule has 2 aromatic carbocycles. The fourth-order valence-electron chi connectivity index (χ4n) is 5.19. The molecule has 0 unspecified atom stereocenters. The molecule has 0 bridgehead atoms. The molecule has 0 heterocycles. The lowest BCUT2D eigenvalue weighted by atomic mass is 9.90. The van der Waals surface area contributed by atoms with Gasteiger partial charge in [-0.05, 0) is 84.0 Å². The molecule has 0 aromatic heterocycles. The van der Waals surface area contributed by atoms with Gasteiger partial charge in [-0.2, -0.15) is 0 Å². The van der Waals surface area contributed by atoms with Crippen LogP contribution in [0.1, 0.15) is 113 Å². The lowest BCUT2D eigenvalue weighted by Gasteiger charge is -2.21. The second-order valence-electron chi connectivity index (χ2n) is 9.54. The van der Waals surface area contributed by atoms with E-state index < -0.39 is 0 Å². The Morgan fingerprint density at radius 2 is 0.824 bits per heavy atom. The van der Waals surface area contributed by atoms with Crippen LogP contribution in [0.15, 0.2) is 24.3 Å². The summed E-state index contributed by atoms with van der Waals surface area (Å²) >= 11 is 0. The van der Waals surface area contributed by atoms with Crippen LogP contribution in [0.3, 0.4) is 0 Å². The first-order chi connectivity index (χ1) is 16.5. The molecule has 0 atom stereocenters. The number of anilines is 2. The summed E-state index contributed by atoms with van der Waals surface area (Å²) in [5.74, 6) is 0. The van der Waals surface area contributed by atoms with Gasteiger partial charge in [0.25, 0.3) is 0 Å². The average molecular weight is 465 g/mol. The van der Waals surface area contributed by atoms with Crippen LogP contribution in [-0.2, 0) is 38.5 Å². The Bertz CT molecular complexity index is 843. The van der Waals surface area contributed by atoms with Crippen LogP contribution >= 0.6 is 0 Å². The highest BCUT2D eigenvalue weighted by Gasteiger charge is 2.17. The molecule has 0 aliphatic rings. The lowest BCUT2D eigenvalue weighted by molar-refractivity contribution is 0.262. The maximum absolute atomic E-state index is 13.2. The molecule has 0 fully saturated rings. The van der Waals surface area contributed by atoms with E-state index in [1.165, 1.54) is 33.4 Å². The summed E-state index contributed by atoms with van der Waals surface area (Å²) in [5.41, 5.74) is 10.4. The monoisotopic (exact) mass is 464 g/mol. The van der Waals surface area contributed by atoms with E-state index in [1.54, 1.807) is 0 Å². The lowest BCUT2D eigenvalue weighted by Crippen LogP contribution is -2.22. The van der Waals surface area contributed by atoms with E-state index >= 15 is 0 Å². The summed E-state index contributed by atoms with van der Waals surface area (Å²) in [6.45, 7) is 13.4. The number of amides is 2. The van der Waals surface area contributed by atoms with Crippen molar-refractivity contribution in [2.24, 2.45) is 0 Å². The SMILES string of the molecule is CCCc1ccc(NC(=O)Nc2ccc(CCC)c(CCC)c2CCC)c(CCC)c1CCC. The Morgan fingerprint density at radius 1 is 0.500 bits per heavy atom. The van der Waals surface area contributed by atoms with Crippen molar-refractivity contribution in [2.75, 3.05) is 10.6 Å². The number of benzene rings is 2. The van der Waals surface area contributed by atoms with E-state index in [9.17, 15) is 4.79 Å². The number of carbonyl (C=O) groups excluding carboxylic acids is 1. The second kappa shape index (κ2) is 14.9. The van der Waals surface area contributed by atoms with Crippen LogP contribution in [0.5, 0.6) is 0 Å². The molecule has 2 rings (SSSR count). The van der Waals surface area contributed by atoms with Crippen LogP contribution in [0, 0.1) is 0 Å². The van der Waals surface area contributed by atoms with Gasteiger partial charge in [0.05, 0.1) is 0 Å². The Balaban J connectivity index is 2.38. The molecule has 0 saturated heterocycles.